The van der Waals surface area contributed by atoms with E-state index in [9.17, 15) is 0 Å². The van der Waals surface area contributed by atoms with Crippen LogP contribution in [0.3, 0.4) is 0 Å². The largest absolute Gasteiger partial charge is 0.458 e. The minimum Gasteiger partial charge on any atom is -0.458 e. The van der Waals surface area contributed by atoms with Crippen LogP contribution in [0.5, 0.6) is 0 Å². The van der Waals surface area contributed by atoms with Gasteiger partial charge in [0.05, 0.1) is 22.4 Å². The molecule has 0 saturated heterocycles. The van der Waals surface area contributed by atoms with Gasteiger partial charge in [0.2, 0.25) is 0 Å². The molecule has 0 radical (unpaired) electrons. The van der Waals surface area contributed by atoms with Gasteiger partial charge in [-0.1, -0.05) is 115 Å². The molecule has 0 N–H and O–H groups in total. The highest BCUT2D eigenvalue weighted by Crippen LogP contribution is 2.45. The molecular formula is C41H28N2O. The van der Waals surface area contributed by atoms with Crippen LogP contribution in [-0.2, 0) is 6.42 Å². The van der Waals surface area contributed by atoms with Gasteiger partial charge in [-0.2, -0.15) is 0 Å². The van der Waals surface area contributed by atoms with Gasteiger partial charge >= 0.3 is 0 Å². The summed E-state index contributed by atoms with van der Waals surface area (Å²) >= 11 is 0. The number of para-hydroxylation sites is 4. The number of hydrogen-bond donors (Lipinski definition) is 0. The zero-order valence-electron chi connectivity index (χ0n) is 24.0. The summed E-state index contributed by atoms with van der Waals surface area (Å²) in [6, 6.07) is 47.9. The third-order valence-electron chi connectivity index (χ3n) is 8.78. The van der Waals surface area contributed by atoms with E-state index < -0.39 is 0 Å². The number of anilines is 3. The van der Waals surface area contributed by atoms with Gasteiger partial charge in [-0.3, -0.25) is 0 Å². The molecule has 1 aliphatic carbocycles. The molecule has 0 unspecified atom stereocenters. The van der Waals surface area contributed by atoms with Gasteiger partial charge in [-0.05, 0) is 47.9 Å². The number of aromatic nitrogens is 1. The van der Waals surface area contributed by atoms with E-state index in [1.807, 2.05) is 0 Å². The molecule has 3 nitrogen and oxygen atoms in total. The average molecular weight is 565 g/mol. The summed E-state index contributed by atoms with van der Waals surface area (Å²) in [4.78, 5) is 2.37. The monoisotopic (exact) mass is 564 g/mol. The highest BCUT2D eigenvalue weighted by atomic mass is 16.3. The summed E-state index contributed by atoms with van der Waals surface area (Å²) in [5, 5.41) is 5.98. The van der Waals surface area contributed by atoms with Crippen LogP contribution in [-0.4, -0.2) is 4.57 Å². The third-order valence-corrected chi connectivity index (χ3v) is 8.78. The predicted octanol–water partition coefficient (Wildman–Crippen LogP) is 11.3. The second kappa shape index (κ2) is 9.89. The van der Waals surface area contributed by atoms with E-state index in [-0.39, 0.29) is 0 Å². The summed E-state index contributed by atoms with van der Waals surface area (Å²) < 4.78 is 9.11. The molecule has 1 aliphatic rings. The number of nitrogens with zero attached hydrogens (tertiary/aromatic N) is 2. The van der Waals surface area contributed by atoms with Crippen molar-refractivity contribution in [3.8, 4) is 5.69 Å². The Morgan fingerprint density at radius 1 is 0.568 bits per heavy atom. The first-order chi connectivity index (χ1) is 21.8. The van der Waals surface area contributed by atoms with Gasteiger partial charge in [0.25, 0.3) is 0 Å². The molecule has 0 spiro atoms. The quantitative estimate of drug-likeness (QED) is 0.212. The highest BCUT2D eigenvalue weighted by molar-refractivity contribution is 6.11. The molecule has 0 amide bonds. The lowest BCUT2D eigenvalue weighted by molar-refractivity contribution is 0.565. The molecule has 0 bridgehead atoms. The highest BCUT2D eigenvalue weighted by Gasteiger charge is 2.23. The Balaban J connectivity index is 1.37. The summed E-state index contributed by atoms with van der Waals surface area (Å²) in [5.41, 5.74) is 8.75. The van der Waals surface area contributed by atoms with Crippen LogP contribution in [0.15, 0.2) is 156 Å². The molecule has 0 atom stereocenters. The standard InChI is InChI=1S/C41H28N2O/c1-3-15-29(16-4-1)42(38-24-13-21-35-34-20-5-2-6-25-40(34)44-41(35)38)39-27-30(26-28-14-7-8-17-31(28)39)43-36-22-11-9-18-32(36)33-19-10-12-23-37(33)43/h1-24,26-27H,25H2. The van der Waals surface area contributed by atoms with Crippen molar-refractivity contribution in [3.05, 3.63) is 163 Å². The lowest BCUT2D eigenvalue weighted by atomic mass is 10.0. The SMILES string of the molecule is C1=CCc2oc3c(N(c4ccccc4)c4cc(-n5c6ccccc6c6ccccc65)cc5ccccc45)cccc3c2C=C1. The van der Waals surface area contributed by atoms with Crippen LogP contribution in [0.1, 0.15) is 11.3 Å². The zero-order chi connectivity index (χ0) is 29.0. The molecule has 2 aromatic heterocycles. The van der Waals surface area contributed by atoms with Crippen LogP contribution in [0.4, 0.5) is 17.1 Å². The van der Waals surface area contributed by atoms with E-state index >= 15 is 0 Å². The fourth-order valence-electron chi connectivity index (χ4n) is 6.86. The van der Waals surface area contributed by atoms with Crippen LogP contribution in [0, 0.1) is 0 Å². The first-order valence-electron chi connectivity index (χ1n) is 15.1. The minimum absolute atomic E-state index is 0.772. The van der Waals surface area contributed by atoms with Crippen LogP contribution in [0.2, 0.25) is 0 Å². The first kappa shape index (κ1) is 24.8. The third kappa shape index (κ3) is 3.76. The van der Waals surface area contributed by atoms with Crippen molar-refractivity contribution >= 4 is 66.7 Å². The number of allylic oxidation sites excluding steroid dienone is 3. The Kier molecular flexibility index (Phi) is 5.57. The summed E-state index contributed by atoms with van der Waals surface area (Å²) in [6.45, 7) is 0. The number of benzene rings is 6. The van der Waals surface area contributed by atoms with Gasteiger partial charge in [0.15, 0.2) is 5.58 Å². The van der Waals surface area contributed by atoms with Crippen LogP contribution < -0.4 is 4.90 Å². The molecular weight excluding hydrogens is 536 g/mol. The minimum atomic E-state index is 0.772. The molecule has 0 saturated carbocycles. The summed E-state index contributed by atoms with van der Waals surface area (Å²) in [5.74, 6) is 0.995. The van der Waals surface area contributed by atoms with Crippen LogP contribution in [0.25, 0.3) is 55.3 Å². The Hall–Kier alpha value is -5.80. The van der Waals surface area contributed by atoms with E-state index in [1.165, 1.54) is 32.6 Å². The van der Waals surface area contributed by atoms with E-state index in [0.29, 0.717) is 0 Å². The van der Waals surface area contributed by atoms with Crippen molar-refractivity contribution in [3.63, 3.8) is 0 Å². The van der Waals surface area contributed by atoms with Crippen LogP contribution >= 0.6 is 0 Å². The van der Waals surface area contributed by atoms with Crippen molar-refractivity contribution < 1.29 is 4.42 Å². The van der Waals surface area contributed by atoms with Gasteiger partial charge in [0.1, 0.15) is 5.76 Å². The Bertz CT molecular complexity index is 2370. The number of rotatable bonds is 4. The molecule has 44 heavy (non-hydrogen) atoms. The summed E-state index contributed by atoms with van der Waals surface area (Å²) in [7, 11) is 0. The van der Waals surface area contributed by atoms with Gasteiger partial charge in [-0.25, -0.2) is 0 Å². The maximum Gasteiger partial charge on any atom is 0.158 e. The molecule has 3 heteroatoms. The topological polar surface area (TPSA) is 21.3 Å². The number of hydrogen-bond acceptors (Lipinski definition) is 2. The van der Waals surface area contributed by atoms with Gasteiger partial charge < -0.3 is 13.9 Å². The number of furan rings is 1. The maximum atomic E-state index is 6.71. The molecule has 9 rings (SSSR count). The Morgan fingerprint density at radius 3 is 2.05 bits per heavy atom. The molecule has 2 heterocycles. The van der Waals surface area contributed by atoms with E-state index in [4.69, 9.17) is 4.42 Å². The second-order valence-electron chi connectivity index (χ2n) is 11.3. The zero-order valence-corrected chi connectivity index (χ0v) is 24.0. The van der Waals surface area contributed by atoms with Crippen molar-refractivity contribution in [2.75, 3.05) is 4.90 Å². The van der Waals surface area contributed by atoms with E-state index in [2.05, 4.69) is 167 Å². The molecule has 0 fully saturated rings. The molecule has 6 aromatic carbocycles. The first-order valence-corrected chi connectivity index (χ1v) is 15.1. The van der Waals surface area contributed by atoms with Gasteiger partial charge in [0, 0.05) is 44.9 Å². The van der Waals surface area contributed by atoms with Crippen molar-refractivity contribution in [1.29, 1.82) is 0 Å². The molecule has 208 valence electrons. The lowest BCUT2D eigenvalue weighted by Crippen LogP contribution is -2.11. The summed E-state index contributed by atoms with van der Waals surface area (Å²) in [6.07, 6.45) is 9.29. The van der Waals surface area contributed by atoms with E-state index in [0.717, 1.165) is 51.5 Å². The smallest absolute Gasteiger partial charge is 0.158 e. The van der Waals surface area contributed by atoms with Crippen molar-refractivity contribution in [1.82, 2.24) is 4.57 Å². The molecule has 8 aromatic rings. The Labute approximate surface area is 255 Å². The number of fused-ring (bicyclic) bond motifs is 7. The van der Waals surface area contributed by atoms with Gasteiger partial charge in [-0.15, -0.1) is 0 Å². The maximum absolute atomic E-state index is 6.71. The fraction of sp³-hybridized carbons (Fsp3) is 0.0244. The fourth-order valence-corrected chi connectivity index (χ4v) is 6.86. The predicted molar refractivity (Wildman–Crippen MR) is 185 cm³/mol. The lowest BCUT2D eigenvalue weighted by Gasteiger charge is -2.28. The van der Waals surface area contributed by atoms with E-state index in [1.54, 1.807) is 0 Å². The second-order valence-corrected chi connectivity index (χ2v) is 11.3. The van der Waals surface area contributed by atoms with Crippen molar-refractivity contribution in [2.24, 2.45) is 0 Å². The normalized spacial score (nSPS) is 12.7. The average Bonchev–Trinajstić information content (AvgIpc) is 3.51. The van der Waals surface area contributed by atoms with Crippen molar-refractivity contribution in [2.45, 2.75) is 6.42 Å². The molecule has 0 aliphatic heterocycles. The Morgan fingerprint density at radius 2 is 1.25 bits per heavy atom.